The molecular formula is C19H16BrNO3S. The standard InChI is InChI=1S/C19H16BrNO3S/c1-12-5-3-4-6-14(12)11-21-18(22)17(25-19(21)23)10-13-7-8-16(24-2)15(20)9-13/h3-10H,11H2,1-2H3/b17-10-. The van der Waals surface area contributed by atoms with E-state index in [-0.39, 0.29) is 11.1 Å². The number of carbonyl (C=O) groups is 2. The first-order chi connectivity index (χ1) is 12.0. The molecule has 0 spiro atoms. The molecule has 2 amide bonds. The Morgan fingerprint density at radius 2 is 1.96 bits per heavy atom. The molecule has 0 N–H and O–H groups in total. The fraction of sp³-hybridized carbons (Fsp3) is 0.158. The topological polar surface area (TPSA) is 46.6 Å². The van der Waals surface area contributed by atoms with Crippen LogP contribution in [0.25, 0.3) is 6.08 Å². The molecule has 2 aromatic rings. The molecule has 0 aliphatic carbocycles. The smallest absolute Gasteiger partial charge is 0.293 e. The number of hydrogen-bond donors (Lipinski definition) is 0. The van der Waals surface area contributed by atoms with Gasteiger partial charge in [0.25, 0.3) is 11.1 Å². The lowest BCUT2D eigenvalue weighted by Crippen LogP contribution is -2.27. The van der Waals surface area contributed by atoms with Crippen molar-refractivity contribution in [2.24, 2.45) is 0 Å². The maximum atomic E-state index is 12.6. The van der Waals surface area contributed by atoms with Crippen LogP contribution in [0.3, 0.4) is 0 Å². The Bertz CT molecular complexity index is 879. The number of benzene rings is 2. The summed E-state index contributed by atoms with van der Waals surface area (Å²) in [5, 5.41) is -0.243. The van der Waals surface area contributed by atoms with Crippen LogP contribution in [0.5, 0.6) is 5.75 Å². The third-order valence-electron chi connectivity index (χ3n) is 3.94. The average molecular weight is 418 g/mol. The second-order valence-corrected chi connectivity index (χ2v) is 7.44. The van der Waals surface area contributed by atoms with Gasteiger partial charge in [-0.15, -0.1) is 0 Å². The van der Waals surface area contributed by atoms with E-state index in [1.807, 2.05) is 49.4 Å². The molecule has 0 bridgehead atoms. The SMILES string of the molecule is COc1ccc(/C=C2\SC(=O)N(Cc3ccccc3C)C2=O)cc1Br. The van der Waals surface area contributed by atoms with E-state index in [1.165, 1.54) is 4.90 Å². The maximum Gasteiger partial charge on any atom is 0.293 e. The third-order valence-corrected chi connectivity index (χ3v) is 5.46. The fourth-order valence-corrected chi connectivity index (χ4v) is 3.91. The number of thioether (sulfide) groups is 1. The minimum Gasteiger partial charge on any atom is -0.496 e. The fourth-order valence-electron chi connectivity index (χ4n) is 2.52. The molecular weight excluding hydrogens is 402 g/mol. The van der Waals surface area contributed by atoms with Gasteiger partial charge < -0.3 is 4.74 Å². The van der Waals surface area contributed by atoms with E-state index in [1.54, 1.807) is 13.2 Å². The number of aryl methyl sites for hydroxylation is 1. The highest BCUT2D eigenvalue weighted by molar-refractivity contribution is 9.10. The van der Waals surface area contributed by atoms with Gasteiger partial charge in [0.1, 0.15) is 5.75 Å². The number of amides is 2. The molecule has 0 atom stereocenters. The lowest BCUT2D eigenvalue weighted by molar-refractivity contribution is -0.123. The highest BCUT2D eigenvalue weighted by Gasteiger charge is 2.35. The Labute approximate surface area is 159 Å². The first kappa shape index (κ1) is 17.8. The molecule has 0 saturated carbocycles. The predicted molar refractivity (Wildman–Crippen MR) is 103 cm³/mol. The van der Waals surface area contributed by atoms with Crippen LogP contribution in [0, 0.1) is 6.92 Å². The number of carbonyl (C=O) groups excluding carboxylic acids is 2. The molecule has 1 aliphatic rings. The quantitative estimate of drug-likeness (QED) is 0.656. The number of nitrogens with zero attached hydrogens (tertiary/aromatic N) is 1. The average Bonchev–Trinajstić information content (AvgIpc) is 2.84. The normalized spacial score (nSPS) is 16.0. The predicted octanol–water partition coefficient (Wildman–Crippen LogP) is 5.00. The highest BCUT2D eigenvalue weighted by Crippen LogP contribution is 2.34. The Hall–Kier alpha value is -2.05. The minimum absolute atomic E-state index is 0.243. The van der Waals surface area contributed by atoms with Crippen molar-refractivity contribution in [1.82, 2.24) is 4.90 Å². The first-order valence-electron chi connectivity index (χ1n) is 7.63. The molecule has 128 valence electrons. The zero-order chi connectivity index (χ0) is 18.0. The Morgan fingerprint density at radius 3 is 2.64 bits per heavy atom. The Morgan fingerprint density at radius 1 is 1.20 bits per heavy atom. The minimum atomic E-state index is -0.259. The molecule has 0 radical (unpaired) electrons. The number of ether oxygens (including phenoxy) is 1. The zero-order valence-corrected chi connectivity index (χ0v) is 16.2. The monoisotopic (exact) mass is 417 g/mol. The van der Waals surface area contributed by atoms with Crippen LogP contribution in [-0.4, -0.2) is 23.2 Å². The van der Waals surface area contributed by atoms with Gasteiger partial charge in [-0.05, 0) is 69.5 Å². The van der Waals surface area contributed by atoms with Crippen molar-refractivity contribution >= 4 is 44.9 Å². The lowest BCUT2D eigenvalue weighted by atomic mass is 10.1. The summed E-state index contributed by atoms with van der Waals surface area (Å²) in [6.07, 6.45) is 1.73. The molecule has 0 unspecified atom stereocenters. The van der Waals surface area contributed by atoms with Crippen LogP contribution in [0.1, 0.15) is 16.7 Å². The van der Waals surface area contributed by atoms with E-state index in [4.69, 9.17) is 4.74 Å². The van der Waals surface area contributed by atoms with E-state index in [0.29, 0.717) is 17.2 Å². The van der Waals surface area contributed by atoms with Crippen molar-refractivity contribution in [3.8, 4) is 5.75 Å². The van der Waals surface area contributed by atoms with Crippen molar-refractivity contribution in [2.75, 3.05) is 7.11 Å². The van der Waals surface area contributed by atoms with Gasteiger partial charge in [0.2, 0.25) is 0 Å². The van der Waals surface area contributed by atoms with Crippen LogP contribution in [0.4, 0.5) is 4.79 Å². The Balaban J connectivity index is 1.83. The second-order valence-electron chi connectivity index (χ2n) is 5.59. The van der Waals surface area contributed by atoms with Crippen LogP contribution < -0.4 is 4.74 Å². The Kier molecular flexibility index (Phi) is 5.30. The van der Waals surface area contributed by atoms with Crippen molar-refractivity contribution in [3.63, 3.8) is 0 Å². The largest absolute Gasteiger partial charge is 0.496 e. The number of rotatable bonds is 4. The summed E-state index contributed by atoms with van der Waals surface area (Å²) < 4.78 is 6.00. The van der Waals surface area contributed by atoms with Gasteiger partial charge in [-0.1, -0.05) is 30.3 Å². The summed E-state index contributed by atoms with van der Waals surface area (Å²) in [5.74, 6) is 0.454. The number of hydrogen-bond acceptors (Lipinski definition) is 4. The van der Waals surface area contributed by atoms with Crippen LogP contribution in [-0.2, 0) is 11.3 Å². The van der Waals surface area contributed by atoms with Gasteiger partial charge >= 0.3 is 0 Å². The molecule has 1 saturated heterocycles. The van der Waals surface area contributed by atoms with Gasteiger partial charge in [-0.25, -0.2) is 0 Å². The molecule has 25 heavy (non-hydrogen) atoms. The van der Waals surface area contributed by atoms with Crippen molar-refractivity contribution < 1.29 is 14.3 Å². The van der Waals surface area contributed by atoms with Gasteiger partial charge in [-0.3, -0.25) is 14.5 Å². The van der Waals surface area contributed by atoms with E-state index >= 15 is 0 Å². The van der Waals surface area contributed by atoms with Gasteiger partial charge in [0.15, 0.2) is 0 Å². The van der Waals surface area contributed by atoms with E-state index < -0.39 is 0 Å². The summed E-state index contributed by atoms with van der Waals surface area (Å²) in [4.78, 5) is 26.6. The molecule has 3 rings (SSSR count). The van der Waals surface area contributed by atoms with Crippen LogP contribution >= 0.6 is 27.7 Å². The summed E-state index contributed by atoms with van der Waals surface area (Å²) in [7, 11) is 1.59. The highest BCUT2D eigenvalue weighted by atomic mass is 79.9. The molecule has 6 heteroatoms. The van der Waals surface area contributed by atoms with Gasteiger partial charge in [0.05, 0.1) is 23.0 Å². The zero-order valence-electron chi connectivity index (χ0n) is 13.8. The van der Waals surface area contributed by atoms with E-state index in [9.17, 15) is 9.59 Å². The van der Waals surface area contributed by atoms with E-state index in [2.05, 4.69) is 15.9 Å². The van der Waals surface area contributed by atoms with Crippen molar-refractivity contribution in [1.29, 1.82) is 0 Å². The van der Waals surface area contributed by atoms with E-state index in [0.717, 1.165) is 32.9 Å². The molecule has 1 aliphatic heterocycles. The number of imide groups is 1. The summed E-state index contributed by atoms with van der Waals surface area (Å²) >= 11 is 4.39. The molecule has 4 nitrogen and oxygen atoms in total. The summed E-state index contributed by atoms with van der Waals surface area (Å²) in [6.45, 7) is 2.26. The second kappa shape index (κ2) is 7.45. The molecule has 1 fully saturated rings. The van der Waals surface area contributed by atoms with Gasteiger partial charge in [-0.2, -0.15) is 0 Å². The van der Waals surface area contributed by atoms with Crippen molar-refractivity contribution in [2.45, 2.75) is 13.5 Å². The maximum absolute atomic E-state index is 12.6. The number of methoxy groups -OCH3 is 1. The lowest BCUT2D eigenvalue weighted by Gasteiger charge is -2.14. The number of halogens is 1. The van der Waals surface area contributed by atoms with Crippen molar-refractivity contribution in [3.05, 3.63) is 68.5 Å². The molecule has 0 aromatic heterocycles. The first-order valence-corrected chi connectivity index (χ1v) is 9.24. The van der Waals surface area contributed by atoms with Crippen LogP contribution in [0.15, 0.2) is 51.8 Å². The third kappa shape index (κ3) is 3.80. The summed E-state index contributed by atoms with van der Waals surface area (Å²) in [5.41, 5.74) is 2.86. The molecule has 2 aromatic carbocycles. The molecule has 1 heterocycles. The summed E-state index contributed by atoms with van der Waals surface area (Å²) in [6, 6.07) is 13.3. The van der Waals surface area contributed by atoms with Crippen LogP contribution in [0.2, 0.25) is 0 Å². The van der Waals surface area contributed by atoms with Gasteiger partial charge in [0, 0.05) is 0 Å².